The average Bonchev–Trinajstić information content (AvgIpc) is 3.18. The number of hydrogen-bond donors (Lipinski definition) is 2. The van der Waals surface area contributed by atoms with Crippen LogP contribution in [0.2, 0.25) is 0 Å². The van der Waals surface area contributed by atoms with Gasteiger partial charge in [0.1, 0.15) is 5.75 Å². The summed E-state index contributed by atoms with van der Waals surface area (Å²) < 4.78 is 17.2. The van der Waals surface area contributed by atoms with Crippen molar-refractivity contribution in [2.75, 3.05) is 40.0 Å². The quantitative estimate of drug-likeness (QED) is 0.284. The largest absolute Gasteiger partial charge is 0.493 e. The molecular weight excluding hydrogens is 493 g/mol. The lowest BCUT2D eigenvalue weighted by molar-refractivity contribution is 0.0205. The normalized spacial score (nSPS) is 17.9. The first-order valence-corrected chi connectivity index (χ1v) is 10.7. The van der Waals surface area contributed by atoms with Crippen LogP contribution in [0, 0.1) is 18.3 Å². The predicted molar refractivity (Wildman–Crippen MR) is 134 cm³/mol. The standard InChI is InChI=1S/C23H39N3O3.HI/c1-7-24-22(26-14-21(27-6)23(3,4)5)25-13-19-9-8-17(2)12-20(19)29-16-18-10-11-28-15-18;/h8-9,12,18,21H,7,10-11,13-16H2,1-6H3,(H2,24,25,26);1H. The lowest BCUT2D eigenvalue weighted by Gasteiger charge is -2.30. The molecule has 1 saturated heterocycles. The van der Waals surface area contributed by atoms with Gasteiger partial charge in [-0.15, -0.1) is 24.0 Å². The first-order valence-electron chi connectivity index (χ1n) is 10.7. The number of halogens is 1. The van der Waals surface area contributed by atoms with Crippen molar-refractivity contribution in [3.63, 3.8) is 0 Å². The maximum atomic E-state index is 6.14. The monoisotopic (exact) mass is 533 g/mol. The number of nitrogens with zero attached hydrogens (tertiary/aromatic N) is 1. The smallest absolute Gasteiger partial charge is 0.191 e. The fraction of sp³-hybridized carbons (Fsp3) is 0.696. The van der Waals surface area contributed by atoms with Gasteiger partial charge in [-0.05, 0) is 37.3 Å². The van der Waals surface area contributed by atoms with Gasteiger partial charge in [0.25, 0.3) is 0 Å². The zero-order valence-corrected chi connectivity index (χ0v) is 21.7. The molecule has 2 unspecified atom stereocenters. The minimum atomic E-state index is 0. The van der Waals surface area contributed by atoms with Crippen molar-refractivity contribution in [2.45, 2.75) is 53.7 Å². The Hall–Kier alpha value is -1.06. The summed E-state index contributed by atoms with van der Waals surface area (Å²) in [4.78, 5) is 4.78. The summed E-state index contributed by atoms with van der Waals surface area (Å²) in [6, 6.07) is 6.31. The molecule has 0 radical (unpaired) electrons. The second-order valence-electron chi connectivity index (χ2n) is 8.82. The Balaban J connectivity index is 0.00000450. The molecule has 0 aliphatic carbocycles. The third kappa shape index (κ3) is 8.98. The van der Waals surface area contributed by atoms with E-state index in [0.717, 1.165) is 43.5 Å². The van der Waals surface area contributed by atoms with Gasteiger partial charge in [0.15, 0.2) is 5.96 Å². The van der Waals surface area contributed by atoms with Gasteiger partial charge >= 0.3 is 0 Å². The molecule has 1 aliphatic rings. The van der Waals surface area contributed by atoms with E-state index >= 15 is 0 Å². The Bertz CT molecular complexity index is 656. The molecule has 2 rings (SSSR count). The summed E-state index contributed by atoms with van der Waals surface area (Å²) in [5.41, 5.74) is 2.33. The van der Waals surface area contributed by atoms with E-state index in [4.69, 9.17) is 19.2 Å². The number of benzene rings is 1. The van der Waals surface area contributed by atoms with Gasteiger partial charge in [-0.1, -0.05) is 32.9 Å². The summed E-state index contributed by atoms with van der Waals surface area (Å²) in [5, 5.41) is 6.73. The van der Waals surface area contributed by atoms with Gasteiger partial charge in [0, 0.05) is 38.3 Å². The molecule has 2 N–H and O–H groups in total. The van der Waals surface area contributed by atoms with Crippen LogP contribution in [0.5, 0.6) is 5.75 Å². The highest BCUT2D eigenvalue weighted by Crippen LogP contribution is 2.24. The third-order valence-corrected chi connectivity index (χ3v) is 5.18. The molecule has 0 aromatic heterocycles. The number of hydrogen-bond acceptors (Lipinski definition) is 4. The second kappa shape index (κ2) is 13.4. The topological polar surface area (TPSA) is 64.1 Å². The summed E-state index contributed by atoms with van der Waals surface area (Å²) in [5.74, 6) is 2.18. The van der Waals surface area contributed by atoms with Gasteiger partial charge < -0.3 is 24.8 Å². The van der Waals surface area contributed by atoms with Crippen molar-refractivity contribution in [1.29, 1.82) is 0 Å². The molecule has 6 nitrogen and oxygen atoms in total. The SMILES string of the molecule is CCNC(=NCc1ccc(C)cc1OCC1CCOC1)NCC(OC)C(C)(C)C.I. The van der Waals surface area contributed by atoms with Gasteiger partial charge in [-0.2, -0.15) is 0 Å². The van der Waals surface area contributed by atoms with Crippen LogP contribution in [0.15, 0.2) is 23.2 Å². The Morgan fingerprint density at radius 1 is 1.30 bits per heavy atom. The van der Waals surface area contributed by atoms with E-state index in [-0.39, 0.29) is 35.5 Å². The molecule has 0 amide bonds. The summed E-state index contributed by atoms with van der Waals surface area (Å²) in [6.45, 7) is 15.1. The van der Waals surface area contributed by atoms with E-state index in [1.807, 2.05) is 0 Å². The molecule has 1 fully saturated rings. The van der Waals surface area contributed by atoms with Crippen LogP contribution < -0.4 is 15.4 Å². The van der Waals surface area contributed by atoms with Gasteiger partial charge in [0.05, 0.1) is 25.9 Å². The lowest BCUT2D eigenvalue weighted by Crippen LogP contribution is -2.45. The van der Waals surface area contributed by atoms with E-state index in [2.05, 4.69) is 63.5 Å². The molecule has 1 heterocycles. The molecular formula is C23H40IN3O3. The molecule has 0 bridgehead atoms. The molecule has 2 atom stereocenters. The average molecular weight is 533 g/mol. The fourth-order valence-electron chi connectivity index (χ4n) is 3.29. The van der Waals surface area contributed by atoms with Crippen molar-refractivity contribution < 1.29 is 14.2 Å². The van der Waals surface area contributed by atoms with E-state index in [1.165, 1.54) is 5.56 Å². The Morgan fingerprint density at radius 3 is 2.67 bits per heavy atom. The first-order chi connectivity index (χ1) is 13.8. The van der Waals surface area contributed by atoms with Crippen LogP contribution in [-0.4, -0.2) is 52.1 Å². The number of nitrogens with one attached hydrogen (secondary N) is 2. The van der Waals surface area contributed by atoms with Crippen molar-refractivity contribution in [3.8, 4) is 5.75 Å². The van der Waals surface area contributed by atoms with Crippen LogP contribution in [-0.2, 0) is 16.0 Å². The Labute approximate surface area is 199 Å². The van der Waals surface area contributed by atoms with Crippen LogP contribution in [0.1, 0.15) is 45.2 Å². The minimum absolute atomic E-state index is 0. The maximum absolute atomic E-state index is 6.14. The number of rotatable bonds is 9. The van der Waals surface area contributed by atoms with Crippen LogP contribution >= 0.6 is 24.0 Å². The van der Waals surface area contributed by atoms with Crippen molar-refractivity contribution in [3.05, 3.63) is 29.3 Å². The van der Waals surface area contributed by atoms with Crippen LogP contribution in [0.4, 0.5) is 0 Å². The molecule has 30 heavy (non-hydrogen) atoms. The van der Waals surface area contributed by atoms with Crippen LogP contribution in [0.3, 0.4) is 0 Å². The summed E-state index contributed by atoms with van der Waals surface area (Å²) in [6.07, 6.45) is 1.17. The second-order valence-corrected chi connectivity index (χ2v) is 8.82. The predicted octanol–water partition coefficient (Wildman–Crippen LogP) is 4.14. The molecule has 0 saturated carbocycles. The first kappa shape index (κ1) is 27.0. The Kier molecular flexibility index (Phi) is 12.0. The zero-order chi connectivity index (χ0) is 21.3. The molecule has 7 heteroatoms. The van der Waals surface area contributed by atoms with E-state index in [9.17, 15) is 0 Å². The van der Waals surface area contributed by atoms with Crippen molar-refractivity contribution in [1.82, 2.24) is 10.6 Å². The van der Waals surface area contributed by atoms with Crippen molar-refractivity contribution >= 4 is 29.9 Å². The van der Waals surface area contributed by atoms with E-state index < -0.39 is 0 Å². The third-order valence-electron chi connectivity index (χ3n) is 5.18. The van der Waals surface area contributed by atoms with Gasteiger partial charge in [-0.3, -0.25) is 0 Å². The zero-order valence-electron chi connectivity index (χ0n) is 19.4. The lowest BCUT2D eigenvalue weighted by atomic mass is 9.89. The van der Waals surface area contributed by atoms with Crippen molar-refractivity contribution in [2.24, 2.45) is 16.3 Å². The minimum Gasteiger partial charge on any atom is -0.493 e. The van der Waals surface area contributed by atoms with Crippen LogP contribution in [0.25, 0.3) is 0 Å². The van der Waals surface area contributed by atoms with Gasteiger partial charge in [0.2, 0.25) is 0 Å². The molecule has 1 aliphatic heterocycles. The molecule has 1 aromatic rings. The summed E-state index contributed by atoms with van der Waals surface area (Å²) in [7, 11) is 1.76. The number of guanidine groups is 1. The number of methoxy groups -OCH3 is 1. The number of aryl methyl sites for hydroxylation is 1. The number of aliphatic imine (C=N–C) groups is 1. The molecule has 0 spiro atoms. The number of ether oxygens (including phenoxy) is 3. The Morgan fingerprint density at radius 2 is 2.07 bits per heavy atom. The summed E-state index contributed by atoms with van der Waals surface area (Å²) >= 11 is 0. The van der Waals surface area contributed by atoms with E-state index in [1.54, 1.807) is 7.11 Å². The highest BCUT2D eigenvalue weighted by atomic mass is 127. The molecule has 172 valence electrons. The van der Waals surface area contributed by atoms with Gasteiger partial charge in [-0.25, -0.2) is 4.99 Å². The molecule has 1 aromatic carbocycles. The van der Waals surface area contributed by atoms with E-state index in [0.29, 0.717) is 25.6 Å². The fourth-order valence-corrected chi connectivity index (χ4v) is 3.29. The maximum Gasteiger partial charge on any atom is 0.191 e. The highest BCUT2D eigenvalue weighted by molar-refractivity contribution is 14.0. The highest BCUT2D eigenvalue weighted by Gasteiger charge is 2.24.